The first kappa shape index (κ1) is 16.5. The molecule has 0 bridgehead atoms. The topological polar surface area (TPSA) is 75.4 Å². The first-order valence-corrected chi connectivity index (χ1v) is 7.67. The second kappa shape index (κ2) is 5.74. The SMILES string of the molecule is Cc1nn(C)c(C)c1C[C@H](C)C(=O)N1CC[C@](C)(C(=O)O)C1. The van der Waals surface area contributed by atoms with E-state index in [-0.39, 0.29) is 11.8 Å². The van der Waals surface area contributed by atoms with Crippen LogP contribution in [0, 0.1) is 25.2 Å². The molecule has 1 aromatic heterocycles. The van der Waals surface area contributed by atoms with Gasteiger partial charge in [0.25, 0.3) is 0 Å². The van der Waals surface area contributed by atoms with Crippen molar-refractivity contribution in [2.45, 2.75) is 40.5 Å². The summed E-state index contributed by atoms with van der Waals surface area (Å²) in [7, 11) is 1.90. The molecule has 1 aliphatic heterocycles. The minimum atomic E-state index is -0.825. The highest BCUT2D eigenvalue weighted by molar-refractivity contribution is 5.82. The van der Waals surface area contributed by atoms with Crippen molar-refractivity contribution in [2.24, 2.45) is 18.4 Å². The van der Waals surface area contributed by atoms with Crippen LogP contribution in [0.1, 0.15) is 37.2 Å². The molecule has 0 aromatic carbocycles. The molecule has 2 heterocycles. The van der Waals surface area contributed by atoms with Crippen LogP contribution >= 0.6 is 0 Å². The third-order valence-electron chi connectivity index (χ3n) is 4.89. The fraction of sp³-hybridized carbons (Fsp3) is 0.688. The second-order valence-corrected chi connectivity index (χ2v) is 6.75. The monoisotopic (exact) mass is 307 g/mol. The third-order valence-corrected chi connectivity index (χ3v) is 4.89. The molecule has 0 aliphatic carbocycles. The Morgan fingerprint density at radius 2 is 2.05 bits per heavy atom. The zero-order valence-electron chi connectivity index (χ0n) is 14.0. The van der Waals surface area contributed by atoms with Crippen LogP contribution in [0.4, 0.5) is 0 Å². The zero-order chi connectivity index (χ0) is 16.7. The molecular formula is C16H25N3O3. The molecule has 0 unspecified atom stereocenters. The van der Waals surface area contributed by atoms with Crippen molar-refractivity contribution >= 4 is 11.9 Å². The molecule has 1 fully saturated rings. The van der Waals surface area contributed by atoms with Crippen LogP contribution in [0.25, 0.3) is 0 Å². The zero-order valence-corrected chi connectivity index (χ0v) is 14.0. The molecule has 1 aromatic rings. The number of hydrogen-bond donors (Lipinski definition) is 1. The number of carboxylic acid groups (broad SMARTS) is 1. The second-order valence-electron chi connectivity index (χ2n) is 6.75. The minimum absolute atomic E-state index is 0.0348. The molecule has 22 heavy (non-hydrogen) atoms. The Hall–Kier alpha value is -1.85. The quantitative estimate of drug-likeness (QED) is 0.915. The standard InChI is InChI=1S/C16H25N3O3/c1-10(8-13-11(2)17-18(5)12(13)3)14(20)19-7-6-16(4,9-19)15(21)22/h10H,6-9H2,1-5H3,(H,21,22)/t10-,16-/m0/s1. The van der Waals surface area contributed by atoms with Crippen molar-refractivity contribution in [1.82, 2.24) is 14.7 Å². The Kier molecular flexibility index (Phi) is 4.31. The number of carboxylic acids is 1. The Bertz CT molecular complexity index is 608. The molecule has 2 rings (SSSR count). The number of aryl methyl sites for hydroxylation is 2. The maximum atomic E-state index is 12.6. The first-order valence-electron chi connectivity index (χ1n) is 7.67. The van der Waals surface area contributed by atoms with Crippen LogP contribution in [0.3, 0.4) is 0 Å². The Morgan fingerprint density at radius 1 is 1.41 bits per heavy atom. The van der Waals surface area contributed by atoms with E-state index in [9.17, 15) is 14.7 Å². The largest absolute Gasteiger partial charge is 0.481 e. The third kappa shape index (κ3) is 2.87. The Morgan fingerprint density at radius 3 is 2.50 bits per heavy atom. The molecule has 0 spiro atoms. The van der Waals surface area contributed by atoms with E-state index in [1.807, 2.05) is 32.5 Å². The lowest BCUT2D eigenvalue weighted by molar-refractivity contribution is -0.147. The molecule has 1 saturated heterocycles. The normalized spacial score (nSPS) is 22.9. The van der Waals surface area contributed by atoms with E-state index in [2.05, 4.69) is 5.10 Å². The van der Waals surface area contributed by atoms with Gasteiger partial charge in [0.2, 0.25) is 5.91 Å². The number of aromatic nitrogens is 2. The highest BCUT2D eigenvalue weighted by atomic mass is 16.4. The summed E-state index contributed by atoms with van der Waals surface area (Å²) in [6, 6.07) is 0. The predicted molar refractivity (Wildman–Crippen MR) is 82.5 cm³/mol. The van der Waals surface area contributed by atoms with Gasteiger partial charge in [-0.25, -0.2) is 0 Å². The van der Waals surface area contributed by atoms with E-state index in [1.54, 1.807) is 11.8 Å². The smallest absolute Gasteiger partial charge is 0.311 e. The van der Waals surface area contributed by atoms with Crippen LogP contribution in [-0.4, -0.2) is 44.8 Å². The number of amides is 1. The molecule has 6 nitrogen and oxygen atoms in total. The molecule has 0 radical (unpaired) electrons. The number of nitrogens with zero attached hydrogens (tertiary/aromatic N) is 3. The van der Waals surface area contributed by atoms with Crippen LogP contribution in [-0.2, 0) is 23.1 Å². The van der Waals surface area contributed by atoms with E-state index >= 15 is 0 Å². The first-order chi connectivity index (χ1) is 10.2. The van der Waals surface area contributed by atoms with Gasteiger partial charge in [-0.15, -0.1) is 0 Å². The van der Waals surface area contributed by atoms with Crippen molar-refractivity contribution in [3.63, 3.8) is 0 Å². The molecule has 1 amide bonds. The minimum Gasteiger partial charge on any atom is -0.481 e. The fourth-order valence-electron chi connectivity index (χ4n) is 3.14. The lowest BCUT2D eigenvalue weighted by atomic mass is 9.90. The Labute approximate surface area is 131 Å². The van der Waals surface area contributed by atoms with Gasteiger partial charge in [0.05, 0.1) is 11.1 Å². The van der Waals surface area contributed by atoms with Crippen LogP contribution < -0.4 is 0 Å². The number of hydrogen-bond acceptors (Lipinski definition) is 3. The van der Waals surface area contributed by atoms with Gasteiger partial charge in [0, 0.05) is 31.7 Å². The van der Waals surface area contributed by atoms with Gasteiger partial charge in [0.15, 0.2) is 0 Å². The van der Waals surface area contributed by atoms with Crippen LogP contribution in [0.2, 0.25) is 0 Å². The van der Waals surface area contributed by atoms with E-state index in [4.69, 9.17) is 0 Å². The molecule has 1 aliphatic rings. The highest BCUT2D eigenvalue weighted by Crippen LogP contribution is 2.31. The summed E-state index contributed by atoms with van der Waals surface area (Å²) < 4.78 is 1.83. The van der Waals surface area contributed by atoms with Gasteiger partial charge in [-0.2, -0.15) is 5.10 Å². The van der Waals surface area contributed by atoms with Crippen molar-refractivity contribution in [3.8, 4) is 0 Å². The van der Waals surface area contributed by atoms with Crippen molar-refractivity contribution in [3.05, 3.63) is 17.0 Å². The van der Waals surface area contributed by atoms with Crippen LogP contribution in [0.5, 0.6) is 0 Å². The summed E-state index contributed by atoms with van der Waals surface area (Å²) in [5.74, 6) is -0.959. The number of carbonyl (C=O) groups excluding carboxylic acids is 1. The number of likely N-dealkylation sites (tertiary alicyclic amines) is 1. The van der Waals surface area contributed by atoms with Gasteiger partial charge < -0.3 is 10.0 Å². The van der Waals surface area contributed by atoms with Crippen molar-refractivity contribution in [2.75, 3.05) is 13.1 Å². The summed E-state index contributed by atoms with van der Waals surface area (Å²) in [4.78, 5) is 25.6. The maximum Gasteiger partial charge on any atom is 0.311 e. The Balaban J connectivity index is 2.06. The fourth-order valence-corrected chi connectivity index (χ4v) is 3.14. The van der Waals surface area contributed by atoms with Crippen LogP contribution in [0.15, 0.2) is 0 Å². The molecule has 0 saturated carbocycles. The summed E-state index contributed by atoms with van der Waals surface area (Å²) in [5.41, 5.74) is 2.34. The van der Waals surface area contributed by atoms with E-state index in [0.717, 1.165) is 17.0 Å². The van der Waals surface area contributed by atoms with Gasteiger partial charge in [-0.1, -0.05) is 6.92 Å². The molecular weight excluding hydrogens is 282 g/mol. The predicted octanol–water partition coefficient (Wildman–Crippen LogP) is 1.54. The van der Waals surface area contributed by atoms with E-state index in [1.165, 1.54) is 0 Å². The van der Waals surface area contributed by atoms with Crippen molar-refractivity contribution < 1.29 is 14.7 Å². The summed E-state index contributed by atoms with van der Waals surface area (Å²) in [6.45, 7) is 8.40. The number of rotatable bonds is 4. The number of carbonyl (C=O) groups is 2. The average molecular weight is 307 g/mol. The van der Waals surface area contributed by atoms with Gasteiger partial charge in [0.1, 0.15) is 0 Å². The summed E-state index contributed by atoms with van der Waals surface area (Å²) >= 11 is 0. The lowest BCUT2D eigenvalue weighted by Gasteiger charge is -2.23. The van der Waals surface area contributed by atoms with Gasteiger partial charge >= 0.3 is 5.97 Å². The summed E-state index contributed by atoms with van der Waals surface area (Å²) in [6.07, 6.45) is 1.16. The number of aliphatic carboxylic acids is 1. The molecule has 1 N–H and O–H groups in total. The van der Waals surface area contributed by atoms with Gasteiger partial charge in [-0.3, -0.25) is 14.3 Å². The average Bonchev–Trinajstić information content (AvgIpc) is 2.95. The van der Waals surface area contributed by atoms with Crippen molar-refractivity contribution in [1.29, 1.82) is 0 Å². The highest BCUT2D eigenvalue weighted by Gasteiger charge is 2.42. The molecule has 6 heteroatoms. The van der Waals surface area contributed by atoms with E-state index < -0.39 is 11.4 Å². The van der Waals surface area contributed by atoms with E-state index in [0.29, 0.717) is 25.9 Å². The summed E-state index contributed by atoms with van der Waals surface area (Å²) in [5, 5.41) is 13.7. The van der Waals surface area contributed by atoms with Gasteiger partial charge in [-0.05, 0) is 39.2 Å². The molecule has 122 valence electrons. The maximum absolute atomic E-state index is 12.6. The lowest BCUT2D eigenvalue weighted by Crippen LogP contribution is -2.38. The molecule has 2 atom stereocenters.